The molecule has 6 heteroatoms. The lowest BCUT2D eigenvalue weighted by Gasteiger charge is -2.13. The zero-order valence-corrected chi connectivity index (χ0v) is 15.3. The molecule has 134 valence electrons. The van der Waals surface area contributed by atoms with Gasteiger partial charge in [-0.25, -0.2) is 9.97 Å². The Morgan fingerprint density at radius 3 is 2.77 bits per heavy atom. The smallest absolute Gasteiger partial charge is 0.138 e. The molecule has 0 bridgehead atoms. The van der Waals surface area contributed by atoms with Crippen molar-refractivity contribution >= 4 is 33.3 Å². The Morgan fingerprint density at radius 2 is 1.96 bits per heavy atom. The fraction of sp³-hybridized carbons (Fsp3) is 0.350. The van der Waals surface area contributed by atoms with E-state index in [2.05, 4.69) is 17.4 Å². The van der Waals surface area contributed by atoms with Gasteiger partial charge in [-0.2, -0.15) is 0 Å². The van der Waals surface area contributed by atoms with Gasteiger partial charge in [-0.05, 0) is 36.8 Å². The number of aryl methyl sites for hydroxylation is 2. The van der Waals surface area contributed by atoms with Crippen molar-refractivity contribution < 1.29 is 9.90 Å². The molecule has 5 nitrogen and oxygen atoms in total. The van der Waals surface area contributed by atoms with Crippen molar-refractivity contribution in [3.05, 3.63) is 52.2 Å². The quantitative estimate of drug-likeness (QED) is 0.726. The van der Waals surface area contributed by atoms with Crippen molar-refractivity contribution in [3.8, 4) is 0 Å². The monoisotopic (exact) mass is 366 g/mol. The van der Waals surface area contributed by atoms with Crippen LogP contribution < -0.4 is 10.4 Å². The number of thiophene rings is 1. The zero-order valence-electron chi connectivity index (χ0n) is 14.5. The highest BCUT2D eigenvalue weighted by Crippen LogP contribution is 2.38. The van der Waals surface area contributed by atoms with Crippen molar-refractivity contribution in [2.24, 2.45) is 0 Å². The van der Waals surface area contributed by atoms with Crippen LogP contribution in [0.15, 0.2) is 30.3 Å². The summed E-state index contributed by atoms with van der Waals surface area (Å²) in [6, 6.07) is 10.1. The molecule has 0 saturated heterocycles. The number of fused-ring (bicyclic) bond motifs is 3. The number of carbonyl (C=O) groups is 1. The third-order valence-corrected chi connectivity index (χ3v) is 5.87. The second-order valence-corrected chi connectivity index (χ2v) is 7.67. The van der Waals surface area contributed by atoms with Gasteiger partial charge in [0.15, 0.2) is 0 Å². The second kappa shape index (κ2) is 7.41. The van der Waals surface area contributed by atoms with Crippen molar-refractivity contribution in [3.63, 3.8) is 0 Å². The van der Waals surface area contributed by atoms with E-state index in [1.54, 1.807) is 11.3 Å². The Balaban J connectivity index is 1.73. The number of nitrogens with one attached hydrogen (secondary N) is 1. The molecular formula is C20H20N3O2S-. The van der Waals surface area contributed by atoms with Crippen LogP contribution in [0.3, 0.4) is 0 Å². The van der Waals surface area contributed by atoms with E-state index >= 15 is 0 Å². The van der Waals surface area contributed by atoms with E-state index in [4.69, 9.17) is 9.97 Å². The van der Waals surface area contributed by atoms with Gasteiger partial charge in [-0.1, -0.05) is 30.3 Å². The van der Waals surface area contributed by atoms with Crippen LogP contribution in [0, 0.1) is 0 Å². The molecule has 0 fully saturated rings. The number of hydrogen-bond donors (Lipinski definition) is 1. The number of carbonyl (C=O) groups excluding carboxylic acids is 1. The lowest BCUT2D eigenvalue weighted by molar-refractivity contribution is -0.305. The predicted octanol–water partition coefficient (Wildman–Crippen LogP) is 2.71. The molecule has 1 aliphatic carbocycles. The number of carboxylic acids is 1. The van der Waals surface area contributed by atoms with Crippen LogP contribution in [0.2, 0.25) is 0 Å². The summed E-state index contributed by atoms with van der Waals surface area (Å²) in [6.07, 6.45) is 5.18. The molecule has 3 aromatic rings. The van der Waals surface area contributed by atoms with E-state index in [-0.39, 0.29) is 6.42 Å². The highest BCUT2D eigenvalue weighted by Gasteiger charge is 2.21. The molecule has 26 heavy (non-hydrogen) atoms. The number of benzene rings is 1. The van der Waals surface area contributed by atoms with E-state index in [1.807, 2.05) is 18.2 Å². The molecule has 4 rings (SSSR count). The van der Waals surface area contributed by atoms with Crippen molar-refractivity contribution in [1.29, 1.82) is 0 Å². The highest BCUT2D eigenvalue weighted by atomic mass is 32.1. The van der Waals surface area contributed by atoms with Gasteiger partial charge in [0.05, 0.1) is 5.39 Å². The maximum absolute atomic E-state index is 10.8. The Bertz CT molecular complexity index is 937. The number of aliphatic carboxylic acids is 1. The van der Waals surface area contributed by atoms with Gasteiger partial charge >= 0.3 is 0 Å². The van der Waals surface area contributed by atoms with Gasteiger partial charge in [0.25, 0.3) is 0 Å². The molecule has 1 aromatic carbocycles. The highest BCUT2D eigenvalue weighted by molar-refractivity contribution is 7.19. The lowest BCUT2D eigenvalue weighted by Crippen LogP contribution is -2.25. The van der Waals surface area contributed by atoms with Gasteiger partial charge in [0, 0.05) is 30.2 Å². The molecule has 0 saturated carbocycles. The average molecular weight is 366 g/mol. The van der Waals surface area contributed by atoms with E-state index in [1.165, 1.54) is 23.3 Å². The van der Waals surface area contributed by atoms with Crippen LogP contribution in [-0.4, -0.2) is 22.5 Å². The van der Waals surface area contributed by atoms with E-state index in [0.717, 1.165) is 40.3 Å². The lowest BCUT2D eigenvalue weighted by atomic mass is 9.97. The third kappa shape index (κ3) is 3.55. The average Bonchev–Trinajstić information content (AvgIpc) is 3.00. The van der Waals surface area contributed by atoms with Crippen molar-refractivity contribution in [1.82, 2.24) is 9.97 Å². The fourth-order valence-electron chi connectivity index (χ4n) is 3.47. The molecular weight excluding hydrogens is 346 g/mol. The van der Waals surface area contributed by atoms with Crippen LogP contribution in [0.1, 0.15) is 41.1 Å². The second-order valence-electron chi connectivity index (χ2n) is 6.59. The normalized spacial score (nSPS) is 13.5. The first-order valence-corrected chi connectivity index (χ1v) is 9.81. The zero-order chi connectivity index (χ0) is 17.9. The van der Waals surface area contributed by atoms with Gasteiger partial charge in [-0.15, -0.1) is 11.3 Å². The summed E-state index contributed by atoms with van der Waals surface area (Å²) in [5, 5.41) is 15.1. The largest absolute Gasteiger partial charge is 0.550 e. The van der Waals surface area contributed by atoms with Gasteiger partial charge in [-0.3, -0.25) is 0 Å². The Hall–Kier alpha value is -2.47. The Morgan fingerprint density at radius 1 is 1.15 bits per heavy atom. The summed E-state index contributed by atoms with van der Waals surface area (Å²) in [5.74, 6) is 0.472. The number of carboxylic acid groups (broad SMARTS) is 1. The predicted molar refractivity (Wildman–Crippen MR) is 101 cm³/mol. The SMILES string of the molecule is O=C([O-])CCNc1nc(Cc2ccccc2)nc2sc3c(c12)CCCC3. The van der Waals surface area contributed by atoms with E-state index in [0.29, 0.717) is 13.0 Å². The first-order chi connectivity index (χ1) is 12.7. The molecule has 0 radical (unpaired) electrons. The fourth-order valence-corrected chi connectivity index (χ4v) is 4.75. The number of anilines is 1. The maximum atomic E-state index is 10.8. The molecule has 0 spiro atoms. The van der Waals surface area contributed by atoms with Crippen LogP contribution in [-0.2, 0) is 24.1 Å². The summed E-state index contributed by atoms with van der Waals surface area (Å²) in [7, 11) is 0. The van der Waals surface area contributed by atoms with Crippen LogP contribution in [0.4, 0.5) is 5.82 Å². The number of rotatable bonds is 6. The van der Waals surface area contributed by atoms with E-state index < -0.39 is 5.97 Å². The Kier molecular flexibility index (Phi) is 4.84. The van der Waals surface area contributed by atoms with Crippen LogP contribution in [0.25, 0.3) is 10.2 Å². The maximum Gasteiger partial charge on any atom is 0.138 e. The minimum absolute atomic E-state index is 0.0359. The molecule has 0 unspecified atom stereocenters. The first kappa shape index (κ1) is 17.0. The van der Waals surface area contributed by atoms with Crippen LogP contribution >= 0.6 is 11.3 Å². The standard InChI is InChI=1S/C20H21N3O2S/c24-17(25)10-11-21-19-18-14-8-4-5-9-15(14)26-20(18)23-16(22-19)12-13-6-2-1-3-7-13/h1-3,6-7H,4-5,8-12H2,(H,24,25)(H,21,22,23)/p-1. The molecule has 0 atom stereocenters. The van der Waals surface area contributed by atoms with Crippen molar-refractivity contribution in [2.45, 2.75) is 38.5 Å². The number of nitrogens with zero attached hydrogens (tertiary/aromatic N) is 2. The summed E-state index contributed by atoms with van der Waals surface area (Å²) in [6.45, 7) is 0.309. The Labute approximate surface area is 156 Å². The number of aromatic nitrogens is 2. The minimum Gasteiger partial charge on any atom is -0.550 e. The molecule has 1 N–H and O–H groups in total. The first-order valence-electron chi connectivity index (χ1n) is 8.99. The topological polar surface area (TPSA) is 77.9 Å². The van der Waals surface area contributed by atoms with Gasteiger partial charge in [0.1, 0.15) is 16.5 Å². The summed E-state index contributed by atoms with van der Waals surface area (Å²) in [5.41, 5.74) is 2.51. The molecule has 2 heterocycles. The van der Waals surface area contributed by atoms with Crippen molar-refractivity contribution in [2.75, 3.05) is 11.9 Å². The molecule has 1 aliphatic rings. The van der Waals surface area contributed by atoms with E-state index in [9.17, 15) is 9.90 Å². The molecule has 0 aliphatic heterocycles. The minimum atomic E-state index is -1.06. The molecule has 2 aromatic heterocycles. The number of hydrogen-bond acceptors (Lipinski definition) is 6. The van der Waals surface area contributed by atoms with Gasteiger partial charge < -0.3 is 15.2 Å². The van der Waals surface area contributed by atoms with Crippen LogP contribution in [0.5, 0.6) is 0 Å². The third-order valence-electron chi connectivity index (χ3n) is 4.69. The summed E-state index contributed by atoms with van der Waals surface area (Å²) >= 11 is 1.76. The summed E-state index contributed by atoms with van der Waals surface area (Å²) in [4.78, 5) is 22.7. The van der Waals surface area contributed by atoms with Gasteiger partial charge in [0.2, 0.25) is 0 Å². The summed E-state index contributed by atoms with van der Waals surface area (Å²) < 4.78 is 0. The molecule has 0 amide bonds.